The van der Waals surface area contributed by atoms with Crippen LogP contribution in [0.3, 0.4) is 0 Å². The van der Waals surface area contributed by atoms with Crippen LogP contribution in [0.5, 0.6) is 0 Å². The molecule has 0 unspecified atom stereocenters. The second-order valence-electron chi connectivity index (χ2n) is 7.37. The molecule has 0 aliphatic carbocycles. The molecule has 1 amide bonds. The molecule has 146 valence electrons. The van der Waals surface area contributed by atoms with E-state index >= 15 is 0 Å². The number of anilines is 1. The number of carbonyl (C=O) groups excluding carboxylic acids is 1. The van der Waals surface area contributed by atoms with E-state index in [-0.39, 0.29) is 28.4 Å². The monoisotopic (exact) mass is 459 g/mol. The number of benzene rings is 1. The largest absolute Gasteiger partial charge is 1.00 e. The van der Waals surface area contributed by atoms with Crippen LogP contribution in [0.1, 0.15) is 19.3 Å². The van der Waals surface area contributed by atoms with Gasteiger partial charge in [0.05, 0.1) is 37.1 Å². The molecule has 2 aromatic rings. The number of fused-ring (bicyclic) bond motifs is 3. The molecule has 5 rings (SSSR count). The van der Waals surface area contributed by atoms with Gasteiger partial charge in [0.2, 0.25) is 0 Å². The third kappa shape index (κ3) is 3.86. The van der Waals surface area contributed by atoms with Gasteiger partial charge in [0.1, 0.15) is 5.60 Å². The quantitative estimate of drug-likeness (QED) is 0.697. The van der Waals surface area contributed by atoms with Crippen LogP contribution >= 0.6 is 11.3 Å². The second kappa shape index (κ2) is 7.44. The van der Waals surface area contributed by atoms with Crippen LogP contribution in [0, 0.1) is 11.6 Å². The van der Waals surface area contributed by atoms with Gasteiger partial charge in [-0.3, -0.25) is 5.32 Å². The van der Waals surface area contributed by atoms with E-state index in [1.165, 1.54) is 17.6 Å². The van der Waals surface area contributed by atoms with Crippen LogP contribution in [-0.2, 0) is 4.74 Å². The van der Waals surface area contributed by atoms with Crippen LogP contribution in [0.4, 0.5) is 19.4 Å². The molecule has 3 aliphatic rings. The molecular formula is C18H20BrF2N3O2S. The highest BCUT2D eigenvalue weighted by Crippen LogP contribution is 2.39. The van der Waals surface area contributed by atoms with Crippen molar-refractivity contribution in [1.82, 2.24) is 4.98 Å². The van der Waals surface area contributed by atoms with Gasteiger partial charge in [0.15, 0.2) is 17.5 Å². The molecule has 3 aliphatic heterocycles. The first-order valence-electron chi connectivity index (χ1n) is 8.61. The van der Waals surface area contributed by atoms with Crippen molar-refractivity contribution in [2.24, 2.45) is 0 Å². The molecule has 0 radical (unpaired) electrons. The lowest BCUT2D eigenvalue weighted by Crippen LogP contribution is -3.00. The maximum absolute atomic E-state index is 14.1. The molecule has 3 fully saturated rings. The van der Waals surface area contributed by atoms with E-state index < -0.39 is 23.3 Å². The average molecular weight is 460 g/mol. The first-order chi connectivity index (χ1) is 12.4. The van der Waals surface area contributed by atoms with Crippen molar-refractivity contribution in [2.75, 3.05) is 32.0 Å². The van der Waals surface area contributed by atoms with E-state index in [1.807, 2.05) is 0 Å². The summed E-state index contributed by atoms with van der Waals surface area (Å²) >= 11 is 1.14. The predicted molar refractivity (Wildman–Crippen MR) is 94.9 cm³/mol. The molecule has 1 aromatic heterocycles. The van der Waals surface area contributed by atoms with Gasteiger partial charge < -0.3 is 26.2 Å². The number of amides is 1. The van der Waals surface area contributed by atoms with Crippen molar-refractivity contribution in [3.63, 3.8) is 0 Å². The molecule has 2 bridgehead atoms. The summed E-state index contributed by atoms with van der Waals surface area (Å²) in [7, 11) is 2.23. The third-order valence-corrected chi connectivity index (χ3v) is 6.47. The number of nitrogens with zero attached hydrogens (tertiary/aromatic N) is 2. The zero-order valence-corrected chi connectivity index (χ0v) is 17.2. The van der Waals surface area contributed by atoms with Gasteiger partial charge in [0.25, 0.3) is 0 Å². The van der Waals surface area contributed by atoms with Crippen molar-refractivity contribution < 1.29 is 39.8 Å². The first-order valence-corrected chi connectivity index (χ1v) is 9.49. The molecule has 0 atom stereocenters. The molecule has 0 spiro atoms. The summed E-state index contributed by atoms with van der Waals surface area (Å²) in [6, 6.07) is 3.94. The number of ether oxygens (including phenoxy) is 1. The first kappa shape index (κ1) is 20.2. The van der Waals surface area contributed by atoms with Crippen LogP contribution in [-0.4, -0.2) is 47.8 Å². The average Bonchev–Trinajstić information content (AvgIpc) is 3.06. The van der Waals surface area contributed by atoms with Crippen molar-refractivity contribution >= 4 is 23.2 Å². The lowest BCUT2D eigenvalue weighted by atomic mass is 9.81. The normalized spacial score (nSPS) is 26.3. The minimum absolute atomic E-state index is 0. The Morgan fingerprint density at radius 3 is 2.59 bits per heavy atom. The fourth-order valence-corrected chi connectivity index (χ4v) is 4.57. The Bertz CT molecular complexity index is 836. The number of rotatable bonds is 3. The topological polar surface area (TPSA) is 51.2 Å². The summed E-state index contributed by atoms with van der Waals surface area (Å²) in [5.74, 6) is -1.70. The molecule has 5 nitrogen and oxygen atoms in total. The minimum Gasteiger partial charge on any atom is -1.00 e. The highest BCUT2D eigenvalue weighted by atomic mass is 79.9. The van der Waals surface area contributed by atoms with Gasteiger partial charge in [-0.2, -0.15) is 0 Å². The maximum Gasteiger partial charge on any atom is 0.413 e. The number of aromatic nitrogens is 1. The molecule has 1 N–H and O–H groups in total. The minimum atomic E-state index is -0.955. The molecule has 3 saturated heterocycles. The van der Waals surface area contributed by atoms with Gasteiger partial charge in [-0.05, 0) is 6.07 Å². The van der Waals surface area contributed by atoms with Gasteiger partial charge >= 0.3 is 6.09 Å². The van der Waals surface area contributed by atoms with Gasteiger partial charge in [-0.1, -0.05) is 12.1 Å². The third-order valence-electron chi connectivity index (χ3n) is 5.62. The highest BCUT2D eigenvalue weighted by Gasteiger charge is 2.49. The molecule has 27 heavy (non-hydrogen) atoms. The Hall–Kier alpha value is -1.58. The predicted octanol–water partition coefficient (Wildman–Crippen LogP) is 1.02. The van der Waals surface area contributed by atoms with Crippen LogP contribution in [0.25, 0.3) is 10.4 Å². The Morgan fingerprint density at radius 2 is 1.93 bits per heavy atom. The van der Waals surface area contributed by atoms with Crippen molar-refractivity contribution in [2.45, 2.75) is 24.9 Å². The fraction of sp³-hybridized carbons (Fsp3) is 0.444. The number of carbonyl (C=O) groups is 1. The zero-order chi connectivity index (χ0) is 18.4. The highest BCUT2D eigenvalue weighted by molar-refractivity contribution is 7.13. The van der Waals surface area contributed by atoms with Crippen LogP contribution in [0.2, 0.25) is 0 Å². The Morgan fingerprint density at radius 1 is 1.26 bits per heavy atom. The molecule has 0 saturated carbocycles. The fourth-order valence-electron chi connectivity index (χ4n) is 3.81. The summed E-state index contributed by atoms with van der Waals surface area (Å²) in [6.45, 7) is 3.01. The summed E-state index contributed by atoms with van der Waals surface area (Å²) < 4.78 is 34.4. The maximum atomic E-state index is 14.1. The molecule has 9 heteroatoms. The number of thiazole rings is 1. The summed E-state index contributed by atoms with van der Waals surface area (Å²) in [6.07, 6.45) is 1.95. The second-order valence-corrected chi connectivity index (χ2v) is 8.22. The van der Waals surface area contributed by atoms with E-state index in [0.29, 0.717) is 4.88 Å². The van der Waals surface area contributed by atoms with Crippen molar-refractivity contribution in [1.29, 1.82) is 0 Å². The molecular weight excluding hydrogens is 440 g/mol. The van der Waals surface area contributed by atoms with Crippen LogP contribution < -0.4 is 22.3 Å². The lowest BCUT2D eigenvalue weighted by Gasteiger charge is -2.51. The van der Waals surface area contributed by atoms with E-state index in [4.69, 9.17) is 4.74 Å². The van der Waals surface area contributed by atoms with Crippen molar-refractivity contribution in [3.8, 4) is 10.4 Å². The van der Waals surface area contributed by atoms with E-state index in [0.717, 1.165) is 60.8 Å². The molecule has 4 heterocycles. The number of hydrogen-bond acceptors (Lipinski definition) is 4. The van der Waals surface area contributed by atoms with E-state index in [2.05, 4.69) is 17.3 Å². The number of hydrogen-bond donors (Lipinski definition) is 1. The number of quaternary nitrogens is 1. The Balaban J connectivity index is 0.00000210. The zero-order valence-electron chi connectivity index (χ0n) is 14.8. The summed E-state index contributed by atoms with van der Waals surface area (Å²) in [5.41, 5.74) is 1.14. The standard InChI is InChI=1S/C18H19F2N3O2S.BrH/c1-23-8-5-18(6-9-23,7-10-23)25-17(24)22-16-15(26-11-21-16)12-3-2-4-13(19)14(12)20;/h2-4,11H,5-10H2,1H3;1H. The van der Waals surface area contributed by atoms with Gasteiger partial charge in [-0.15, -0.1) is 11.3 Å². The smallest absolute Gasteiger partial charge is 0.413 e. The number of nitrogens with one attached hydrogen (secondary N) is 1. The molecule has 1 aromatic carbocycles. The number of halogens is 3. The Labute approximate surface area is 170 Å². The summed E-state index contributed by atoms with van der Waals surface area (Å²) in [4.78, 5) is 16.9. The van der Waals surface area contributed by atoms with Gasteiger partial charge in [0, 0.05) is 24.8 Å². The van der Waals surface area contributed by atoms with Gasteiger partial charge in [-0.25, -0.2) is 18.6 Å². The summed E-state index contributed by atoms with van der Waals surface area (Å²) in [5, 5.41) is 2.61. The van der Waals surface area contributed by atoms with Crippen molar-refractivity contribution in [3.05, 3.63) is 35.3 Å². The van der Waals surface area contributed by atoms with Crippen LogP contribution in [0.15, 0.2) is 23.7 Å². The van der Waals surface area contributed by atoms with E-state index in [1.54, 1.807) is 0 Å². The lowest BCUT2D eigenvalue weighted by molar-refractivity contribution is -0.926. The van der Waals surface area contributed by atoms with E-state index in [9.17, 15) is 13.6 Å². The number of piperidine rings is 3. The SMILES string of the molecule is C[N+]12CCC(OC(=O)Nc3ncsc3-c3cccc(F)c3F)(CC1)CC2.[Br-]. The Kier molecular flexibility index (Phi) is 5.56.